The monoisotopic (exact) mass is 224 g/mol. The van der Waals surface area contributed by atoms with Crippen LogP contribution in [-0.4, -0.2) is 11.7 Å². The highest BCUT2D eigenvalue weighted by Gasteiger charge is 2.31. The standard InChI is InChI=1S/C12H13ClO2/c1-12(14,11-3-2-8-15-11)9-4-6-10(13)7-5-9/h3-7,14H,2,8H2,1H3. The van der Waals surface area contributed by atoms with Gasteiger partial charge in [-0.05, 0) is 30.7 Å². The molecule has 2 rings (SSSR count). The third-order valence-electron chi connectivity index (χ3n) is 2.59. The molecule has 0 amide bonds. The van der Waals surface area contributed by atoms with Crippen molar-refractivity contribution in [1.29, 1.82) is 0 Å². The summed E-state index contributed by atoms with van der Waals surface area (Å²) >= 11 is 5.79. The van der Waals surface area contributed by atoms with Crippen LogP contribution in [0, 0.1) is 0 Å². The van der Waals surface area contributed by atoms with Gasteiger partial charge in [-0.2, -0.15) is 0 Å². The van der Waals surface area contributed by atoms with Crippen molar-refractivity contribution in [3.05, 3.63) is 46.7 Å². The molecule has 0 aliphatic carbocycles. The summed E-state index contributed by atoms with van der Waals surface area (Å²) in [5.41, 5.74) is -0.263. The summed E-state index contributed by atoms with van der Waals surface area (Å²) < 4.78 is 5.38. The Labute approximate surface area is 94.1 Å². The quantitative estimate of drug-likeness (QED) is 0.837. The molecule has 0 spiro atoms. The van der Waals surface area contributed by atoms with Crippen LogP contribution in [0.25, 0.3) is 0 Å². The van der Waals surface area contributed by atoms with E-state index in [1.807, 2.05) is 18.2 Å². The van der Waals surface area contributed by atoms with Crippen LogP contribution in [0.4, 0.5) is 0 Å². The summed E-state index contributed by atoms with van der Waals surface area (Å²) in [7, 11) is 0. The molecule has 0 saturated carbocycles. The van der Waals surface area contributed by atoms with Gasteiger partial charge in [0.1, 0.15) is 11.4 Å². The number of rotatable bonds is 2. The van der Waals surface area contributed by atoms with Crippen molar-refractivity contribution in [3.8, 4) is 0 Å². The fraction of sp³-hybridized carbons (Fsp3) is 0.333. The molecule has 1 unspecified atom stereocenters. The van der Waals surface area contributed by atoms with E-state index < -0.39 is 5.60 Å². The van der Waals surface area contributed by atoms with E-state index in [1.54, 1.807) is 19.1 Å². The van der Waals surface area contributed by atoms with Crippen LogP contribution in [0.15, 0.2) is 36.1 Å². The summed E-state index contributed by atoms with van der Waals surface area (Å²) in [6.45, 7) is 2.38. The second-order valence-corrected chi connectivity index (χ2v) is 4.22. The summed E-state index contributed by atoms with van der Waals surface area (Å²) in [5.74, 6) is 0.629. The maximum atomic E-state index is 10.3. The molecule has 0 fully saturated rings. The summed E-state index contributed by atoms with van der Waals surface area (Å²) in [6.07, 6.45) is 2.79. The Morgan fingerprint density at radius 3 is 2.53 bits per heavy atom. The van der Waals surface area contributed by atoms with Crippen molar-refractivity contribution in [2.24, 2.45) is 0 Å². The summed E-state index contributed by atoms with van der Waals surface area (Å²) in [4.78, 5) is 0. The van der Waals surface area contributed by atoms with E-state index in [1.165, 1.54) is 0 Å². The lowest BCUT2D eigenvalue weighted by Gasteiger charge is -2.24. The highest BCUT2D eigenvalue weighted by atomic mass is 35.5. The molecular formula is C12H13ClO2. The molecule has 80 valence electrons. The van der Waals surface area contributed by atoms with Gasteiger partial charge in [-0.1, -0.05) is 23.7 Å². The van der Waals surface area contributed by atoms with Gasteiger partial charge < -0.3 is 9.84 Å². The molecule has 0 bridgehead atoms. The molecule has 3 heteroatoms. The van der Waals surface area contributed by atoms with Gasteiger partial charge >= 0.3 is 0 Å². The van der Waals surface area contributed by atoms with E-state index >= 15 is 0 Å². The highest BCUT2D eigenvalue weighted by Crippen LogP contribution is 2.32. The first-order valence-electron chi connectivity index (χ1n) is 4.92. The molecule has 0 saturated heterocycles. The largest absolute Gasteiger partial charge is 0.495 e. The van der Waals surface area contributed by atoms with Crippen molar-refractivity contribution in [2.75, 3.05) is 6.61 Å². The Kier molecular flexibility index (Phi) is 2.72. The number of hydrogen-bond acceptors (Lipinski definition) is 2. The predicted octanol–water partition coefficient (Wildman–Crippen LogP) is 2.85. The Hall–Kier alpha value is -0.990. The molecule has 1 heterocycles. The van der Waals surface area contributed by atoms with Crippen molar-refractivity contribution in [2.45, 2.75) is 18.9 Å². The van der Waals surface area contributed by atoms with Crippen LogP contribution in [-0.2, 0) is 10.3 Å². The number of ether oxygens (including phenoxy) is 1. The van der Waals surface area contributed by atoms with Crippen LogP contribution in [0.3, 0.4) is 0 Å². The second-order valence-electron chi connectivity index (χ2n) is 3.78. The Bertz CT molecular complexity index is 379. The van der Waals surface area contributed by atoms with E-state index in [4.69, 9.17) is 16.3 Å². The molecule has 0 aromatic heterocycles. The lowest BCUT2D eigenvalue weighted by atomic mass is 9.94. The number of hydrogen-bond donors (Lipinski definition) is 1. The Morgan fingerprint density at radius 1 is 1.33 bits per heavy atom. The zero-order valence-electron chi connectivity index (χ0n) is 8.53. The van der Waals surface area contributed by atoms with E-state index in [0.29, 0.717) is 17.4 Å². The lowest BCUT2D eigenvalue weighted by molar-refractivity contribution is 0.0317. The average molecular weight is 225 g/mol. The smallest absolute Gasteiger partial charge is 0.143 e. The number of aliphatic hydroxyl groups is 1. The number of benzene rings is 1. The minimum Gasteiger partial charge on any atom is -0.495 e. The Balaban J connectivity index is 2.32. The normalized spacial score (nSPS) is 19.3. The van der Waals surface area contributed by atoms with E-state index in [-0.39, 0.29) is 0 Å². The summed E-state index contributed by atoms with van der Waals surface area (Å²) in [6, 6.07) is 7.15. The van der Waals surface area contributed by atoms with E-state index in [0.717, 1.165) is 12.0 Å². The van der Waals surface area contributed by atoms with Crippen molar-refractivity contribution < 1.29 is 9.84 Å². The molecule has 1 aromatic rings. The van der Waals surface area contributed by atoms with Crippen LogP contribution < -0.4 is 0 Å². The third kappa shape index (κ3) is 2.01. The topological polar surface area (TPSA) is 29.5 Å². The molecule has 0 radical (unpaired) electrons. The molecular weight excluding hydrogens is 212 g/mol. The van der Waals surface area contributed by atoms with Crippen molar-refractivity contribution in [1.82, 2.24) is 0 Å². The lowest BCUT2D eigenvalue weighted by Crippen LogP contribution is -2.24. The average Bonchev–Trinajstić information content (AvgIpc) is 2.71. The van der Waals surface area contributed by atoms with Gasteiger partial charge in [0.25, 0.3) is 0 Å². The third-order valence-corrected chi connectivity index (χ3v) is 2.84. The minimum atomic E-state index is -1.05. The van der Waals surface area contributed by atoms with Gasteiger partial charge in [0.15, 0.2) is 0 Å². The van der Waals surface area contributed by atoms with Gasteiger partial charge in [0.2, 0.25) is 0 Å². The van der Waals surface area contributed by atoms with Crippen molar-refractivity contribution in [3.63, 3.8) is 0 Å². The first-order valence-corrected chi connectivity index (χ1v) is 5.30. The van der Waals surface area contributed by atoms with Gasteiger partial charge in [-0.25, -0.2) is 0 Å². The first kappa shape index (κ1) is 10.5. The first-order chi connectivity index (χ1) is 7.10. The molecule has 1 N–H and O–H groups in total. The molecule has 1 atom stereocenters. The van der Waals surface area contributed by atoms with Crippen LogP contribution in [0.2, 0.25) is 5.02 Å². The molecule has 15 heavy (non-hydrogen) atoms. The van der Waals surface area contributed by atoms with E-state index in [2.05, 4.69) is 0 Å². The van der Waals surface area contributed by atoms with Gasteiger partial charge in [0, 0.05) is 11.4 Å². The predicted molar refractivity (Wildman–Crippen MR) is 59.7 cm³/mol. The SMILES string of the molecule is CC(O)(C1=CCCO1)c1ccc(Cl)cc1. The van der Waals surface area contributed by atoms with Crippen molar-refractivity contribution >= 4 is 11.6 Å². The summed E-state index contributed by atoms with van der Waals surface area (Å²) in [5, 5.41) is 11.0. The fourth-order valence-electron chi connectivity index (χ4n) is 1.67. The minimum absolute atomic E-state index is 0.629. The molecule has 1 aromatic carbocycles. The highest BCUT2D eigenvalue weighted by molar-refractivity contribution is 6.30. The van der Waals surface area contributed by atoms with E-state index in [9.17, 15) is 5.11 Å². The molecule has 2 nitrogen and oxygen atoms in total. The number of halogens is 1. The fourth-order valence-corrected chi connectivity index (χ4v) is 1.80. The maximum Gasteiger partial charge on any atom is 0.143 e. The molecule has 1 aliphatic heterocycles. The Morgan fingerprint density at radius 2 is 2.00 bits per heavy atom. The van der Waals surface area contributed by atoms with Crippen LogP contribution in [0.5, 0.6) is 0 Å². The molecule has 1 aliphatic rings. The maximum absolute atomic E-state index is 10.3. The van der Waals surface area contributed by atoms with Crippen LogP contribution >= 0.6 is 11.6 Å². The zero-order valence-corrected chi connectivity index (χ0v) is 9.29. The van der Waals surface area contributed by atoms with Gasteiger partial charge in [-0.15, -0.1) is 0 Å². The zero-order chi connectivity index (χ0) is 10.9. The van der Waals surface area contributed by atoms with Gasteiger partial charge in [0.05, 0.1) is 6.61 Å². The van der Waals surface area contributed by atoms with Gasteiger partial charge in [-0.3, -0.25) is 0 Å². The second kappa shape index (κ2) is 3.87. The van der Waals surface area contributed by atoms with Crippen LogP contribution in [0.1, 0.15) is 18.9 Å².